The first-order chi connectivity index (χ1) is 11.6. The number of ketones is 2. The van der Waals surface area contributed by atoms with E-state index in [-0.39, 0.29) is 17.7 Å². The maximum absolute atomic E-state index is 12.7. The molecular weight excluding hydrogens is 308 g/mol. The van der Waals surface area contributed by atoms with Crippen LogP contribution in [-0.2, 0) is 9.53 Å². The van der Waals surface area contributed by atoms with Crippen LogP contribution in [0.4, 0.5) is 0 Å². The molecule has 0 aromatic heterocycles. The summed E-state index contributed by atoms with van der Waals surface area (Å²) >= 11 is 0. The van der Waals surface area contributed by atoms with Gasteiger partial charge in [-0.25, -0.2) is 0 Å². The molecule has 0 aliphatic carbocycles. The topological polar surface area (TPSA) is 69.7 Å². The van der Waals surface area contributed by atoms with Gasteiger partial charge < -0.3 is 9.47 Å². The predicted octanol–water partition coefficient (Wildman–Crippen LogP) is 2.94. The molecular formula is C19H18O5. The van der Waals surface area contributed by atoms with Crippen LogP contribution in [0.15, 0.2) is 54.6 Å². The van der Waals surface area contributed by atoms with Gasteiger partial charge in [0.05, 0.1) is 13.7 Å². The minimum Gasteiger partial charge on any atom is -0.497 e. The smallest absolute Gasteiger partial charge is 0.324 e. The summed E-state index contributed by atoms with van der Waals surface area (Å²) in [6, 6.07) is 14.5. The fourth-order valence-electron chi connectivity index (χ4n) is 2.25. The summed E-state index contributed by atoms with van der Waals surface area (Å²) in [7, 11) is 1.51. The lowest BCUT2D eigenvalue weighted by Crippen LogP contribution is -2.33. The lowest BCUT2D eigenvalue weighted by molar-refractivity contribution is -0.144. The Morgan fingerprint density at radius 1 is 0.875 bits per heavy atom. The van der Waals surface area contributed by atoms with Crippen LogP contribution in [0.3, 0.4) is 0 Å². The van der Waals surface area contributed by atoms with E-state index in [0.717, 1.165) is 0 Å². The number of Topliss-reactive ketones (excluding diaryl/α,β-unsaturated/α-hetero) is 2. The van der Waals surface area contributed by atoms with Crippen LogP contribution < -0.4 is 4.74 Å². The molecule has 0 heterocycles. The van der Waals surface area contributed by atoms with Crippen molar-refractivity contribution in [2.45, 2.75) is 6.92 Å². The van der Waals surface area contributed by atoms with E-state index in [1.54, 1.807) is 49.4 Å². The van der Waals surface area contributed by atoms with Crippen LogP contribution in [-0.4, -0.2) is 31.3 Å². The monoisotopic (exact) mass is 326 g/mol. The van der Waals surface area contributed by atoms with Gasteiger partial charge in [0.15, 0.2) is 17.5 Å². The highest BCUT2D eigenvalue weighted by Crippen LogP contribution is 2.19. The van der Waals surface area contributed by atoms with Gasteiger partial charge in [0.1, 0.15) is 5.75 Å². The number of ether oxygens (including phenoxy) is 2. The number of carbonyl (C=O) groups excluding carboxylic acids is 3. The Morgan fingerprint density at radius 3 is 1.92 bits per heavy atom. The molecule has 0 amide bonds. The first-order valence-corrected chi connectivity index (χ1v) is 7.52. The van der Waals surface area contributed by atoms with Gasteiger partial charge >= 0.3 is 5.97 Å². The quantitative estimate of drug-likeness (QED) is 0.444. The number of esters is 1. The van der Waals surface area contributed by atoms with Gasteiger partial charge in [0.2, 0.25) is 0 Å². The Balaban J connectivity index is 2.36. The summed E-state index contributed by atoms with van der Waals surface area (Å²) in [4.78, 5) is 37.6. The molecule has 0 aliphatic heterocycles. The van der Waals surface area contributed by atoms with E-state index in [4.69, 9.17) is 9.47 Å². The van der Waals surface area contributed by atoms with Crippen molar-refractivity contribution in [3.05, 3.63) is 65.7 Å². The highest BCUT2D eigenvalue weighted by Gasteiger charge is 2.36. The number of hydrogen-bond donors (Lipinski definition) is 0. The molecule has 0 saturated heterocycles. The number of methoxy groups -OCH3 is 1. The minimum absolute atomic E-state index is 0.0906. The molecule has 0 radical (unpaired) electrons. The zero-order chi connectivity index (χ0) is 17.5. The van der Waals surface area contributed by atoms with Crippen molar-refractivity contribution in [1.29, 1.82) is 0 Å². The maximum atomic E-state index is 12.7. The van der Waals surface area contributed by atoms with E-state index in [1.165, 1.54) is 19.2 Å². The highest BCUT2D eigenvalue weighted by molar-refractivity contribution is 6.26. The van der Waals surface area contributed by atoms with E-state index in [9.17, 15) is 14.4 Å². The molecule has 2 rings (SSSR count). The predicted molar refractivity (Wildman–Crippen MR) is 88.2 cm³/mol. The third kappa shape index (κ3) is 3.87. The van der Waals surface area contributed by atoms with Crippen molar-refractivity contribution in [3.63, 3.8) is 0 Å². The van der Waals surface area contributed by atoms with Crippen LogP contribution >= 0.6 is 0 Å². The van der Waals surface area contributed by atoms with Gasteiger partial charge in [0, 0.05) is 11.1 Å². The molecule has 5 heteroatoms. The lowest BCUT2D eigenvalue weighted by Gasteiger charge is -2.14. The second-order valence-corrected chi connectivity index (χ2v) is 5.01. The van der Waals surface area contributed by atoms with Crippen LogP contribution in [0, 0.1) is 5.92 Å². The molecule has 0 fully saturated rings. The summed E-state index contributed by atoms with van der Waals surface area (Å²) in [6.07, 6.45) is 0. The van der Waals surface area contributed by atoms with E-state index in [1.807, 2.05) is 0 Å². The molecule has 0 N–H and O–H groups in total. The van der Waals surface area contributed by atoms with Crippen LogP contribution in [0.5, 0.6) is 5.75 Å². The number of hydrogen-bond acceptors (Lipinski definition) is 5. The fourth-order valence-corrected chi connectivity index (χ4v) is 2.25. The van der Waals surface area contributed by atoms with Gasteiger partial charge in [0.25, 0.3) is 0 Å². The fraction of sp³-hybridized carbons (Fsp3) is 0.211. The molecule has 124 valence electrons. The van der Waals surface area contributed by atoms with E-state index < -0.39 is 23.5 Å². The Morgan fingerprint density at radius 2 is 1.42 bits per heavy atom. The zero-order valence-electron chi connectivity index (χ0n) is 13.5. The summed E-state index contributed by atoms with van der Waals surface area (Å²) < 4.78 is 9.97. The van der Waals surface area contributed by atoms with Crippen molar-refractivity contribution in [2.24, 2.45) is 5.92 Å². The van der Waals surface area contributed by atoms with Crippen molar-refractivity contribution in [2.75, 3.05) is 13.7 Å². The summed E-state index contributed by atoms with van der Waals surface area (Å²) in [6.45, 7) is 1.72. The van der Waals surface area contributed by atoms with Crippen molar-refractivity contribution in [3.8, 4) is 5.75 Å². The molecule has 0 saturated carbocycles. The second-order valence-electron chi connectivity index (χ2n) is 5.01. The molecule has 5 nitrogen and oxygen atoms in total. The standard InChI is InChI=1S/C19H18O5/c1-3-24-19(22)16(17(20)13-7-5-4-6-8-13)18(21)14-9-11-15(23-2)12-10-14/h4-12,16H,3H2,1-2H3. The Hall–Kier alpha value is -2.95. The number of rotatable bonds is 7. The van der Waals surface area contributed by atoms with Gasteiger partial charge in [-0.05, 0) is 31.2 Å². The van der Waals surface area contributed by atoms with Gasteiger partial charge in [-0.3, -0.25) is 14.4 Å². The average molecular weight is 326 g/mol. The van der Waals surface area contributed by atoms with Crippen LogP contribution in [0.2, 0.25) is 0 Å². The summed E-state index contributed by atoms with van der Waals surface area (Å²) in [5, 5.41) is 0. The third-order valence-corrected chi connectivity index (χ3v) is 3.48. The SMILES string of the molecule is CCOC(=O)C(C(=O)c1ccccc1)C(=O)c1ccc(OC)cc1. The molecule has 24 heavy (non-hydrogen) atoms. The highest BCUT2D eigenvalue weighted by atomic mass is 16.5. The summed E-state index contributed by atoms with van der Waals surface area (Å²) in [5.74, 6) is -2.94. The lowest BCUT2D eigenvalue weighted by atomic mass is 9.90. The Labute approximate surface area is 140 Å². The largest absolute Gasteiger partial charge is 0.497 e. The normalized spacial score (nSPS) is 11.4. The number of benzene rings is 2. The second kappa shape index (κ2) is 8.06. The maximum Gasteiger partial charge on any atom is 0.324 e. The molecule has 0 bridgehead atoms. The van der Waals surface area contributed by atoms with Crippen LogP contribution in [0.25, 0.3) is 0 Å². The Bertz CT molecular complexity index is 719. The summed E-state index contributed by atoms with van der Waals surface area (Å²) in [5.41, 5.74) is 0.538. The molecule has 1 atom stereocenters. The van der Waals surface area contributed by atoms with Gasteiger partial charge in [-0.1, -0.05) is 30.3 Å². The zero-order valence-corrected chi connectivity index (χ0v) is 13.5. The molecule has 1 unspecified atom stereocenters. The van der Waals surface area contributed by atoms with Crippen molar-refractivity contribution < 1.29 is 23.9 Å². The van der Waals surface area contributed by atoms with Gasteiger partial charge in [-0.15, -0.1) is 0 Å². The third-order valence-electron chi connectivity index (χ3n) is 3.48. The number of carbonyl (C=O) groups is 3. The molecule has 2 aromatic carbocycles. The van der Waals surface area contributed by atoms with E-state index in [2.05, 4.69) is 0 Å². The van der Waals surface area contributed by atoms with Gasteiger partial charge in [-0.2, -0.15) is 0 Å². The molecule has 0 aliphatic rings. The molecule has 0 spiro atoms. The van der Waals surface area contributed by atoms with Crippen molar-refractivity contribution >= 4 is 17.5 Å². The first-order valence-electron chi connectivity index (χ1n) is 7.52. The first kappa shape index (κ1) is 17.4. The van der Waals surface area contributed by atoms with Crippen LogP contribution in [0.1, 0.15) is 27.6 Å². The van der Waals surface area contributed by atoms with E-state index >= 15 is 0 Å². The van der Waals surface area contributed by atoms with Crippen molar-refractivity contribution in [1.82, 2.24) is 0 Å². The van der Waals surface area contributed by atoms with E-state index in [0.29, 0.717) is 5.75 Å². The Kier molecular flexibility index (Phi) is 5.84. The minimum atomic E-state index is -1.51. The average Bonchev–Trinajstić information content (AvgIpc) is 2.62. The molecule has 2 aromatic rings.